The van der Waals surface area contributed by atoms with E-state index in [1.807, 2.05) is 0 Å². The van der Waals surface area contributed by atoms with Crippen LogP contribution in [-0.4, -0.2) is 12.1 Å². The van der Waals surface area contributed by atoms with E-state index in [1.165, 1.54) is 0 Å². The molecule has 0 amide bonds. The molecule has 0 aromatic rings. The van der Waals surface area contributed by atoms with E-state index < -0.39 is 17.7 Å². The SMILES string of the molecule is C=C(C(=O)[O-])C(F)(F)F.[K+]. The summed E-state index contributed by atoms with van der Waals surface area (Å²) in [5.74, 6) is -2.29. The Hall–Kier alpha value is 0.636. The van der Waals surface area contributed by atoms with Gasteiger partial charge in [-0.05, 0) is 0 Å². The average molecular weight is 178 g/mol. The van der Waals surface area contributed by atoms with Gasteiger partial charge in [-0.25, -0.2) is 0 Å². The van der Waals surface area contributed by atoms with Gasteiger partial charge in [-0.3, -0.25) is 0 Å². The smallest absolute Gasteiger partial charge is 0.545 e. The molecule has 0 rings (SSSR count). The fourth-order valence-corrected chi connectivity index (χ4v) is 0.116. The molecule has 0 bridgehead atoms. The van der Waals surface area contributed by atoms with Gasteiger partial charge in [0.25, 0.3) is 0 Å². The van der Waals surface area contributed by atoms with Crippen LogP contribution in [0.2, 0.25) is 0 Å². The molecule has 0 aliphatic heterocycles. The number of alkyl halides is 3. The molecule has 0 fully saturated rings. The number of carbonyl (C=O) groups is 1. The van der Waals surface area contributed by atoms with Gasteiger partial charge in [0.1, 0.15) is 0 Å². The topological polar surface area (TPSA) is 40.1 Å². The Morgan fingerprint density at radius 1 is 1.40 bits per heavy atom. The van der Waals surface area contributed by atoms with Crippen LogP contribution in [0.15, 0.2) is 12.2 Å². The van der Waals surface area contributed by atoms with Gasteiger partial charge in [-0.15, -0.1) is 0 Å². The Morgan fingerprint density at radius 3 is 1.70 bits per heavy atom. The summed E-state index contributed by atoms with van der Waals surface area (Å²) in [5, 5.41) is 9.42. The van der Waals surface area contributed by atoms with E-state index in [2.05, 4.69) is 6.58 Å². The van der Waals surface area contributed by atoms with Crippen molar-refractivity contribution in [2.75, 3.05) is 0 Å². The van der Waals surface area contributed by atoms with Crippen molar-refractivity contribution in [2.45, 2.75) is 6.18 Å². The monoisotopic (exact) mass is 178 g/mol. The van der Waals surface area contributed by atoms with Crippen LogP contribution in [0.25, 0.3) is 0 Å². The van der Waals surface area contributed by atoms with Gasteiger partial charge in [0.05, 0.1) is 11.5 Å². The largest absolute Gasteiger partial charge is 1.00 e. The second kappa shape index (κ2) is 4.50. The molecule has 0 atom stereocenters. The van der Waals surface area contributed by atoms with Crippen LogP contribution in [0, 0.1) is 0 Å². The van der Waals surface area contributed by atoms with Crippen LogP contribution < -0.4 is 56.5 Å². The molecule has 52 valence electrons. The van der Waals surface area contributed by atoms with Gasteiger partial charge in [0.2, 0.25) is 0 Å². The molecule has 0 saturated heterocycles. The Morgan fingerprint density at radius 2 is 1.70 bits per heavy atom. The third-order valence-electron chi connectivity index (χ3n) is 0.589. The number of hydrogen-bond donors (Lipinski definition) is 0. The molecule has 0 aliphatic rings. The minimum atomic E-state index is -4.88. The van der Waals surface area contributed by atoms with Crippen molar-refractivity contribution in [1.29, 1.82) is 0 Å². The third kappa shape index (κ3) is 4.45. The van der Waals surface area contributed by atoms with E-state index in [1.54, 1.807) is 0 Å². The summed E-state index contributed by atoms with van der Waals surface area (Å²) < 4.78 is 33.5. The Bertz CT molecular complexity index is 151. The maximum absolute atomic E-state index is 11.2. The second-order valence-corrected chi connectivity index (χ2v) is 1.26. The molecule has 0 N–H and O–H groups in total. The number of carboxylic acid groups (broad SMARTS) is 1. The van der Waals surface area contributed by atoms with Crippen molar-refractivity contribution in [3.63, 3.8) is 0 Å². The number of carboxylic acids is 1. The van der Waals surface area contributed by atoms with Crippen LogP contribution in [0.4, 0.5) is 13.2 Å². The van der Waals surface area contributed by atoms with Crippen molar-refractivity contribution in [2.24, 2.45) is 0 Å². The van der Waals surface area contributed by atoms with Crippen molar-refractivity contribution < 1.29 is 74.5 Å². The molecule has 0 aromatic carbocycles. The van der Waals surface area contributed by atoms with Crippen molar-refractivity contribution in [3.8, 4) is 0 Å². The third-order valence-corrected chi connectivity index (χ3v) is 0.589. The first-order valence-electron chi connectivity index (χ1n) is 1.83. The zero-order valence-electron chi connectivity index (χ0n) is 5.16. The van der Waals surface area contributed by atoms with Crippen LogP contribution in [0.1, 0.15) is 0 Å². The number of carbonyl (C=O) groups excluding carboxylic acids is 1. The van der Waals surface area contributed by atoms with Gasteiger partial charge < -0.3 is 9.90 Å². The first-order valence-corrected chi connectivity index (χ1v) is 1.83. The van der Waals surface area contributed by atoms with E-state index in [0.29, 0.717) is 0 Å². The Labute approximate surface area is 97.5 Å². The average Bonchev–Trinajstić information content (AvgIpc) is 1.62. The summed E-state index contributed by atoms with van der Waals surface area (Å²) in [4.78, 5) is 9.42. The molecule has 0 unspecified atom stereocenters. The first kappa shape index (κ1) is 13.2. The fraction of sp³-hybridized carbons (Fsp3) is 0.250. The number of hydrogen-bond acceptors (Lipinski definition) is 2. The minimum absolute atomic E-state index is 0. The second-order valence-electron chi connectivity index (χ2n) is 1.26. The number of halogens is 3. The molecule has 10 heavy (non-hydrogen) atoms. The van der Waals surface area contributed by atoms with E-state index in [0.717, 1.165) is 0 Å². The van der Waals surface area contributed by atoms with Crippen LogP contribution in [-0.2, 0) is 4.79 Å². The molecule has 0 heterocycles. The number of rotatable bonds is 1. The zero-order chi connectivity index (χ0) is 7.65. The first-order chi connectivity index (χ1) is 3.85. The van der Waals surface area contributed by atoms with Gasteiger partial charge in [-0.1, -0.05) is 6.58 Å². The van der Waals surface area contributed by atoms with Crippen LogP contribution >= 0.6 is 0 Å². The van der Waals surface area contributed by atoms with E-state index in [-0.39, 0.29) is 51.4 Å². The van der Waals surface area contributed by atoms with E-state index in [9.17, 15) is 23.1 Å². The quantitative estimate of drug-likeness (QED) is 0.314. The van der Waals surface area contributed by atoms with Crippen LogP contribution in [0.3, 0.4) is 0 Å². The number of aliphatic carboxylic acids is 1. The van der Waals surface area contributed by atoms with Gasteiger partial charge in [-0.2, -0.15) is 13.2 Å². The molecule has 0 aliphatic carbocycles. The Kier molecular flexibility index (Phi) is 5.96. The summed E-state index contributed by atoms with van der Waals surface area (Å²) >= 11 is 0. The Balaban J connectivity index is 0. The molecule has 6 heteroatoms. The fourth-order valence-electron chi connectivity index (χ4n) is 0.116. The molecular weight excluding hydrogens is 176 g/mol. The maximum Gasteiger partial charge on any atom is 1.00 e. The summed E-state index contributed by atoms with van der Waals surface area (Å²) in [6, 6.07) is 0. The van der Waals surface area contributed by atoms with Gasteiger partial charge in [0, 0.05) is 0 Å². The summed E-state index contributed by atoms with van der Waals surface area (Å²) in [6.45, 7) is 2.24. The molecule has 0 aromatic heterocycles. The standard InChI is InChI=1S/C4H3F3O2.K/c1-2(3(8)9)4(5,6)7;/h1H2,(H,8,9);/q;+1/p-1. The summed E-state index contributed by atoms with van der Waals surface area (Å²) in [7, 11) is 0. The normalized spacial score (nSPS) is 9.90. The van der Waals surface area contributed by atoms with Crippen molar-refractivity contribution in [3.05, 3.63) is 12.2 Å². The minimum Gasteiger partial charge on any atom is -0.545 e. The summed E-state index contributed by atoms with van der Waals surface area (Å²) in [6.07, 6.45) is -4.88. The molecule has 0 radical (unpaired) electrons. The van der Waals surface area contributed by atoms with E-state index in [4.69, 9.17) is 0 Å². The van der Waals surface area contributed by atoms with Gasteiger partial charge in [0.15, 0.2) is 0 Å². The predicted octanol–water partition coefficient (Wildman–Crippen LogP) is -3.14. The maximum atomic E-state index is 11.2. The predicted molar refractivity (Wildman–Crippen MR) is 20.2 cm³/mol. The summed E-state index contributed by atoms with van der Waals surface area (Å²) in [5.41, 5.74) is -1.86. The molecular formula is C4H2F3KO2. The van der Waals surface area contributed by atoms with Crippen molar-refractivity contribution in [1.82, 2.24) is 0 Å². The van der Waals surface area contributed by atoms with Gasteiger partial charge >= 0.3 is 57.6 Å². The van der Waals surface area contributed by atoms with E-state index >= 15 is 0 Å². The van der Waals surface area contributed by atoms with Crippen LogP contribution in [0.5, 0.6) is 0 Å². The van der Waals surface area contributed by atoms with Crippen molar-refractivity contribution >= 4 is 5.97 Å². The zero-order valence-corrected chi connectivity index (χ0v) is 8.28. The molecule has 0 saturated carbocycles. The molecule has 0 spiro atoms. The molecule has 2 nitrogen and oxygen atoms in total.